The average Bonchev–Trinajstić information content (AvgIpc) is 3.43. The molecule has 1 fully saturated rings. The van der Waals surface area contributed by atoms with Crippen LogP contribution >= 0.6 is 23.8 Å². The molecule has 1 aromatic heterocycles. The molecule has 1 aliphatic heterocycles. The number of hydrogen-bond donors (Lipinski definition) is 2. The Kier molecular flexibility index (Phi) is 8.11. The summed E-state index contributed by atoms with van der Waals surface area (Å²) in [5.41, 5.74) is 1.47. The largest absolute Gasteiger partial charge is 0.405 e. The van der Waals surface area contributed by atoms with E-state index in [-0.39, 0.29) is 36.6 Å². The SMILES string of the molecule is C=C/C=C(\C=C)OSNC(=O)c1ccc(N2C=CC(OCCC3(C(F)(F)F)CC3)N2)nc1Cl. The first kappa shape index (κ1) is 25.2. The Hall–Kier alpha value is -2.47. The number of pyridine rings is 1. The molecule has 2 heterocycles. The minimum Gasteiger partial charge on any atom is -0.405 e. The Morgan fingerprint density at radius 1 is 1.42 bits per heavy atom. The minimum absolute atomic E-state index is 0.0298. The van der Waals surface area contributed by atoms with Crippen LogP contribution in [0.15, 0.2) is 61.6 Å². The molecule has 3 rings (SSSR count). The van der Waals surface area contributed by atoms with Crippen LogP contribution in [0.4, 0.5) is 19.0 Å². The zero-order valence-corrected chi connectivity index (χ0v) is 19.0. The predicted octanol–water partition coefficient (Wildman–Crippen LogP) is 5.21. The molecule has 33 heavy (non-hydrogen) atoms. The van der Waals surface area contributed by atoms with Gasteiger partial charge in [-0.15, -0.1) is 0 Å². The lowest BCUT2D eigenvalue weighted by atomic mass is 10.0. The van der Waals surface area contributed by atoms with Crippen molar-refractivity contribution in [2.45, 2.75) is 31.7 Å². The molecule has 0 aromatic carbocycles. The van der Waals surface area contributed by atoms with Crippen molar-refractivity contribution < 1.29 is 26.9 Å². The van der Waals surface area contributed by atoms with Crippen molar-refractivity contribution in [2.75, 3.05) is 11.6 Å². The fraction of sp³-hybridized carbons (Fsp3) is 0.333. The van der Waals surface area contributed by atoms with Gasteiger partial charge in [-0.05, 0) is 49.6 Å². The molecule has 1 unspecified atom stereocenters. The Labute approximate surface area is 198 Å². The molecule has 0 radical (unpaired) electrons. The normalized spacial score (nSPS) is 19.3. The molecule has 0 saturated heterocycles. The Morgan fingerprint density at radius 3 is 2.79 bits per heavy atom. The number of hydrazine groups is 1. The molecule has 2 aliphatic rings. The average molecular weight is 503 g/mol. The van der Waals surface area contributed by atoms with Gasteiger partial charge in [-0.2, -0.15) is 18.6 Å². The van der Waals surface area contributed by atoms with E-state index >= 15 is 0 Å². The number of nitrogens with zero attached hydrogens (tertiary/aromatic N) is 2. The molecular formula is C21H22ClF3N4O3S. The summed E-state index contributed by atoms with van der Waals surface area (Å²) in [5.74, 6) is 0.264. The van der Waals surface area contributed by atoms with Gasteiger partial charge in [-0.1, -0.05) is 30.8 Å². The van der Waals surface area contributed by atoms with E-state index in [9.17, 15) is 18.0 Å². The van der Waals surface area contributed by atoms with Crippen LogP contribution in [0.3, 0.4) is 0 Å². The summed E-state index contributed by atoms with van der Waals surface area (Å²) in [6.45, 7) is 7.09. The van der Waals surface area contributed by atoms with E-state index < -0.39 is 23.7 Å². The number of halogens is 4. The summed E-state index contributed by atoms with van der Waals surface area (Å²) in [5, 5.41) is 1.46. The number of amides is 1. The van der Waals surface area contributed by atoms with Gasteiger partial charge in [0.25, 0.3) is 5.91 Å². The van der Waals surface area contributed by atoms with Gasteiger partial charge in [0.1, 0.15) is 23.0 Å². The van der Waals surface area contributed by atoms with Crippen LogP contribution in [0, 0.1) is 5.41 Å². The molecule has 7 nitrogen and oxygen atoms in total. The van der Waals surface area contributed by atoms with Gasteiger partial charge in [-0.25, -0.2) is 4.98 Å². The third kappa shape index (κ3) is 6.32. The van der Waals surface area contributed by atoms with Crippen molar-refractivity contribution in [2.24, 2.45) is 5.41 Å². The van der Waals surface area contributed by atoms with Gasteiger partial charge < -0.3 is 8.92 Å². The van der Waals surface area contributed by atoms with Crippen molar-refractivity contribution in [1.29, 1.82) is 0 Å². The van der Waals surface area contributed by atoms with Crippen LogP contribution in [0.2, 0.25) is 5.15 Å². The molecule has 12 heteroatoms. The van der Waals surface area contributed by atoms with E-state index in [1.165, 1.54) is 23.2 Å². The second-order valence-electron chi connectivity index (χ2n) is 7.27. The van der Waals surface area contributed by atoms with E-state index in [0.717, 1.165) is 0 Å². The zero-order valence-electron chi connectivity index (χ0n) is 17.4. The maximum absolute atomic E-state index is 13.0. The molecule has 1 atom stereocenters. The van der Waals surface area contributed by atoms with E-state index in [1.54, 1.807) is 24.4 Å². The number of anilines is 1. The Morgan fingerprint density at radius 2 is 2.18 bits per heavy atom. The molecule has 2 N–H and O–H groups in total. The van der Waals surface area contributed by atoms with Gasteiger partial charge in [0, 0.05) is 12.8 Å². The molecule has 178 valence electrons. The van der Waals surface area contributed by atoms with E-state index in [0.29, 0.717) is 23.8 Å². The molecule has 0 bridgehead atoms. The number of carbonyl (C=O) groups excluding carboxylic acids is 1. The van der Waals surface area contributed by atoms with Gasteiger partial charge in [0.2, 0.25) is 0 Å². The first-order chi connectivity index (χ1) is 15.7. The monoisotopic (exact) mass is 502 g/mol. The van der Waals surface area contributed by atoms with Crippen LogP contribution in [0.5, 0.6) is 0 Å². The molecule has 0 spiro atoms. The molecule has 1 amide bonds. The summed E-state index contributed by atoms with van der Waals surface area (Å²) in [6.07, 6.45) is 3.23. The maximum Gasteiger partial charge on any atom is 0.394 e. The highest BCUT2D eigenvalue weighted by Gasteiger charge is 2.62. The van der Waals surface area contributed by atoms with Crippen LogP contribution in [-0.2, 0) is 8.92 Å². The summed E-state index contributed by atoms with van der Waals surface area (Å²) < 4.78 is 52.2. The van der Waals surface area contributed by atoms with Crippen LogP contribution in [0.1, 0.15) is 29.6 Å². The van der Waals surface area contributed by atoms with E-state index in [4.69, 9.17) is 20.5 Å². The van der Waals surface area contributed by atoms with Gasteiger partial charge in [0.15, 0.2) is 12.2 Å². The summed E-state index contributed by atoms with van der Waals surface area (Å²) in [7, 11) is 0. The summed E-state index contributed by atoms with van der Waals surface area (Å²) in [6, 6.07) is 3.04. The molecule has 1 saturated carbocycles. The third-order valence-corrected chi connectivity index (χ3v) is 5.92. The lowest BCUT2D eigenvalue weighted by Gasteiger charge is -2.22. The number of alkyl halides is 3. The highest BCUT2D eigenvalue weighted by Crippen LogP contribution is 2.59. The van der Waals surface area contributed by atoms with E-state index in [2.05, 4.69) is 28.3 Å². The van der Waals surface area contributed by atoms with Crippen molar-refractivity contribution in [3.05, 3.63) is 72.3 Å². The number of rotatable bonds is 11. The standard InChI is InChI=1S/C21H22ClF3N4O3S/c1-3-5-14(4-2)32-33-28-19(30)15-6-7-16(26-18(15)22)29-12-8-17(27-29)31-13-11-20(9-10-20)21(23,24)25/h3-8,12,17,27H,1-2,9-11,13H2,(H,28,30)/b14-5+. The van der Waals surface area contributed by atoms with Gasteiger partial charge >= 0.3 is 6.18 Å². The van der Waals surface area contributed by atoms with Crippen molar-refractivity contribution in [3.8, 4) is 0 Å². The van der Waals surface area contributed by atoms with Gasteiger partial charge in [0.05, 0.1) is 11.0 Å². The van der Waals surface area contributed by atoms with Crippen molar-refractivity contribution in [1.82, 2.24) is 15.1 Å². The first-order valence-corrected chi connectivity index (χ1v) is 11.0. The maximum atomic E-state index is 13.0. The summed E-state index contributed by atoms with van der Waals surface area (Å²) in [4.78, 5) is 16.5. The van der Waals surface area contributed by atoms with Crippen molar-refractivity contribution in [3.63, 3.8) is 0 Å². The fourth-order valence-corrected chi connectivity index (χ4v) is 3.65. The minimum atomic E-state index is -4.20. The molecule has 1 aromatic rings. The topological polar surface area (TPSA) is 75.7 Å². The number of aromatic nitrogens is 1. The fourth-order valence-electron chi connectivity index (χ4n) is 2.97. The summed E-state index contributed by atoms with van der Waals surface area (Å²) >= 11 is 6.85. The lowest BCUT2D eigenvalue weighted by Crippen LogP contribution is -2.38. The highest BCUT2D eigenvalue weighted by atomic mass is 35.5. The number of ether oxygens (including phenoxy) is 1. The highest BCUT2D eigenvalue weighted by molar-refractivity contribution is 7.93. The number of hydrogen-bond acceptors (Lipinski definition) is 7. The molecule has 1 aliphatic carbocycles. The van der Waals surface area contributed by atoms with Crippen LogP contribution in [-0.4, -0.2) is 29.9 Å². The lowest BCUT2D eigenvalue weighted by molar-refractivity contribution is -0.192. The zero-order chi connectivity index (χ0) is 24.1. The van der Waals surface area contributed by atoms with Crippen LogP contribution < -0.4 is 15.2 Å². The number of nitrogens with one attached hydrogen (secondary N) is 2. The predicted molar refractivity (Wildman–Crippen MR) is 121 cm³/mol. The Balaban J connectivity index is 1.48. The smallest absolute Gasteiger partial charge is 0.394 e. The second-order valence-corrected chi connectivity index (χ2v) is 8.17. The Bertz CT molecular complexity index is 967. The van der Waals surface area contributed by atoms with E-state index in [1.807, 2.05) is 0 Å². The van der Waals surface area contributed by atoms with Crippen molar-refractivity contribution >= 4 is 35.6 Å². The quantitative estimate of drug-likeness (QED) is 0.141. The molecular weight excluding hydrogens is 481 g/mol. The van der Waals surface area contributed by atoms with Gasteiger partial charge in [-0.3, -0.25) is 14.5 Å². The first-order valence-electron chi connectivity index (χ1n) is 9.87. The third-order valence-electron chi connectivity index (χ3n) is 5.09. The second kappa shape index (κ2) is 10.6. The number of allylic oxidation sites excluding steroid dienone is 3. The van der Waals surface area contributed by atoms with Crippen LogP contribution in [0.25, 0.3) is 0 Å². The number of carbonyl (C=O) groups is 1.